The average molecular weight is 405 g/mol. The highest BCUT2D eigenvalue weighted by atomic mass is 19.4. The summed E-state index contributed by atoms with van der Waals surface area (Å²) in [5, 5.41) is 3.72. The lowest BCUT2D eigenvalue weighted by molar-refractivity contribution is -0.137. The second-order valence-electron chi connectivity index (χ2n) is 6.35. The van der Waals surface area contributed by atoms with Crippen LogP contribution in [-0.2, 0) is 12.6 Å². The average Bonchev–Trinajstić information content (AvgIpc) is 3.31. The molecule has 2 heterocycles. The SMILES string of the molecule is Fc1ccccc1C1=NC(Cc2cc(-c3ccc(C(F)(F)F)cc3F)no2)C=N1. The second-order valence-corrected chi connectivity index (χ2v) is 6.35. The maximum atomic E-state index is 14.1. The van der Waals surface area contributed by atoms with Crippen molar-refractivity contribution in [1.29, 1.82) is 0 Å². The van der Waals surface area contributed by atoms with Crippen LogP contribution >= 0.6 is 0 Å². The van der Waals surface area contributed by atoms with Crippen molar-refractivity contribution in [2.45, 2.75) is 18.6 Å². The lowest BCUT2D eigenvalue weighted by atomic mass is 10.1. The summed E-state index contributed by atoms with van der Waals surface area (Å²) >= 11 is 0. The molecule has 0 radical (unpaired) electrons. The van der Waals surface area contributed by atoms with Crippen LogP contribution in [0.5, 0.6) is 0 Å². The van der Waals surface area contributed by atoms with Gasteiger partial charge in [0.2, 0.25) is 0 Å². The summed E-state index contributed by atoms with van der Waals surface area (Å²) in [6, 6.07) is 9.30. The zero-order valence-electron chi connectivity index (χ0n) is 14.6. The number of benzene rings is 2. The van der Waals surface area contributed by atoms with Crippen LogP contribution in [0.1, 0.15) is 16.9 Å². The van der Waals surface area contributed by atoms with E-state index >= 15 is 0 Å². The fourth-order valence-corrected chi connectivity index (χ4v) is 2.90. The first-order chi connectivity index (χ1) is 13.8. The normalized spacial score (nSPS) is 16.3. The molecule has 1 aliphatic rings. The Morgan fingerprint density at radius 3 is 2.45 bits per heavy atom. The summed E-state index contributed by atoms with van der Waals surface area (Å²) in [6.45, 7) is 0. The Labute approximate surface area is 161 Å². The number of aromatic nitrogens is 1. The molecule has 0 fully saturated rings. The molecule has 0 saturated carbocycles. The first kappa shape index (κ1) is 19.0. The monoisotopic (exact) mass is 405 g/mol. The number of hydrogen-bond acceptors (Lipinski definition) is 4. The Morgan fingerprint density at radius 1 is 0.931 bits per heavy atom. The van der Waals surface area contributed by atoms with Gasteiger partial charge in [-0.2, -0.15) is 13.2 Å². The molecule has 4 rings (SSSR count). The number of hydrogen-bond donors (Lipinski definition) is 0. The van der Waals surface area contributed by atoms with Crippen molar-refractivity contribution in [2.24, 2.45) is 9.98 Å². The second kappa shape index (κ2) is 7.23. The van der Waals surface area contributed by atoms with Gasteiger partial charge in [-0.25, -0.2) is 13.8 Å². The van der Waals surface area contributed by atoms with Gasteiger partial charge in [-0.1, -0.05) is 17.3 Å². The van der Waals surface area contributed by atoms with Crippen molar-refractivity contribution in [2.75, 3.05) is 0 Å². The minimum absolute atomic E-state index is 0.0690. The summed E-state index contributed by atoms with van der Waals surface area (Å²) in [5.41, 5.74) is -0.848. The van der Waals surface area contributed by atoms with E-state index in [2.05, 4.69) is 15.1 Å². The molecule has 0 bridgehead atoms. The lowest BCUT2D eigenvalue weighted by Crippen LogP contribution is -2.07. The van der Waals surface area contributed by atoms with Crippen LogP contribution < -0.4 is 0 Å². The number of nitrogens with zero attached hydrogens (tertiary/aromatic N) is 3. The van der Waals surface area contributed by atoms with Crippen molar-refractivity contribution in [1.82, 2.24) is 5.16 Å². The van der Waals surface area contributed by atoms with E-state index in [9.17, 15) is 22.0 Å². The quantitative estimate of drug-likeness (QED) is 0.569. The molecule has 0 amide bonds. The zero-order valence-corrected chi connectivity index (χ0v) is 14.6. The van der Waals surface area contributed by atoms with Crippen LogP contribution in [0.4, 0.5) is 22.0 Å². The summed E-state index contributed by atoms with van der Waals surface area (Å²) in [4.78, 5) is 8.43. The topological polar surface area (TPSA) is 50.8 Å². The molecule has 1 aromatic heterocycles. The highest BCUT2D eigenvalue weighted by Crippen LogP contribution is 2.32. The third kappa shape index (κ3) is 3.94. The van der Waals surface area contributed by atoms with E-state index in [1.54, 1.807) is 18.2 Å². The zero-order chi connectivity index (χ0) is 20.6. The van der Waals surface area contributed by atoms with Crippen molar-refractivity contribution < 1.29 is 26.5 Å². The fraction of sp³-hybridized carbons (Fsp3) is 0.150. The van der Waals surface area contributed by atoms with Gasteiger partial charge >= 0.3 is 6.18 Å². The summed E-state index contributed by atoms with van der Waals surface area (Å²) in [5.74, 6) is -0.901. The molecule has 0 saturated heterocycles. The van der Waals surface area contributed by atoms with E-state index in [0.29, 0.717) is 11.8 Å². The van der Waals surface area contributed by atoms with Crippen LogP contribution in [0, 0.1) is 11.6 Å². The molecular formula is C20H12F5N3O. The smallest absolute Gasteiger partial charge is 0.361 e. The van der Waals surface area contributed by atoms with Gasteiger partial charge in [-0.15, -0.1) is 0 Å². The maximum absolute atomic E-state index is 14.1. The minimum atomic E-state index is -4.63. The third-order valence-corrected chi connectivity index (χ3v) is 4.31. The molecule has 0 aliphatic carbocycles. The molecular weight excluding hydrogens is 393 g/mol. The summed E-state index contributed by atoms with van der Waals surface area (Å²) < 4.78 is 71.1. The number of aliphatic imine (C=N–C) groups is 2. The van der Waals surface area contributed by atoms with E-state index in [4.69, 9.17) is 4.52 Å². The van der Waals surface area contributed by atoms with Crippen LogP contribution in [-0.4, -0.2) is 23.2 Å². The molecule has 4 nitrogen and oxygen atoms in total. The van der Waals surface area contributed by atoms with Gasteiger partial charge in [-0.05, 0) is 30.3 Å². The van der Waals surface area contributed by atoms with E-state index in [0.717, 1.165) is 12.1 Å². The number of halogens is 5. The molecule has 1 atom stereocenters. The maximum Gasteiger partial charge on any atom is 0.416 e. The summed E-state index contributed by atoms with van der Waals surface area (Å²) in [6.07, 6.45) is -2.87. The van der Waals surface area contributed by atoms with Gasteiger partial charge in [0.15, 0.2) is 5.84 Å². The Kier molecular flexibility index (Phi) is 4.73. The Balaban J connectivity index is 1.51. The van der Waals surface area contributed by atoms with E-state index in [1.165, 1.54) is 18.3 Å². The Bertz CT molecular complexity index is 1120. The van der Waals surface area contributed by atoms with Crippen molar-refractivity contribution in [3.05, 3.63) is 77.1 Å². The van der Waals surface area contributed by atoms with Gasteiger partial charge in [0.1, 0.15) is 23.1 Å². The highest BCUT2D eigenvalue weighted by Gasteiger charge is 2.31. The van der Waals surface area contributed by atoms with Crippen molar-refractivity contribution in [3.63, 3.8) is 0 Å². The van der Waals surface area contributed by atoms with Crippen LogP contribution in [0.3, 0.4) is 0 Å². The molecule has 1 aliphatic heterocycles. The van der Waals surface area contributed by atoms with Crippen LogP contribution in [0.15, 0.2) is 63.0 Å². The van der Waals surface area contributed by atoms with E-state index < -0.39 is 29.4 Å². The van der Waals surface area contributed by atoms with Crippen LogP contribution in [0.2, 0.25) is 0 Å². The number of amidine groups is 1. The van der Waals surface area contributed by atoms with Gasteiger partial charge < -0.3 is 4.52 Å². The Morgan fingerprint density at radius 2 is 1.72 bits per heavy atom. The predicted octanol–water partition coefficient (Wildman–Crippen LogP) is 5.08. The van der Waals surface area contributed by atoms with E-state index in [-0.39, 0.29) is 29.1 Å². The van der Waals surface area contributed by atoms with Gasteiger partial charge in [0.05, 0.1) is 17.2 Å². The highest BCUT2D eigenvalue weighted by molar-refractivity contribution is 6.07. The van der Waals surface area contributed by atoms with Crippen molar-refractivity contribution in [3.8, 4) is 11.3 Å². The Hall–Kier alpha value is -3.36. The molecule has 3 aromatic rings. The standard InChI is InChI=1S/C20H12F5N3O/c21-16-4-2-1-3-15(16)19-26-10-12(27-19)8-13-9-18(28-29-13)14-6-5-11(7-17(14)22)20(23,24)25/h1-7,9-10,12H,8H2. The van der Waals surface area contributed by atoms with Crippen molar-refractivity contribution >= 4 is 12.1 Å². The van der Waals surface area contributed by atoms with Gasteiger partial charge in [0.25, 0.3) is 0 Å². The molecule has 1 unspecified atom stereocenters. The minimum Gasteiger partial charge on any atom is -0.361 e. The lowest BCUT2D eigenvalue weighted by Gasteiger charge is -2.07. The first-order valence-electron chi connectivity index (χ1n) is 8.51. The fourth-order valence-electron chi connectivity index (χ4n) is 2.90. The number of rotatable bonds is 4. The largest absolute Gasteiger partial charge is 0.416 e. The molecule has 9 heteroatoms. The summed E-state index contributed by atoms with van der Waals surface area (Å²) in [7, 11) is 0. The van der Waals surface area contributed by atoms with Gasteiger partial charge in [-0.3, -0.25) is 4.99 Å². The molecule has 0 spiro atoms. The third-order valence-electron chi connectivity index (χ3n) is 4.31. The predicted molar refractivity (Wildman–Crippen MR) is 95.8 cm³/mol. The first-order valence-corrected chi connectivity index (χ1v) is 8.51. The van der Waals surface area contributed by atoms with Gasteiger partial charge in [0, 0.05) is 24.3 Å². The molecule has 2 aromatic carbocycles. The van der Waals surface area contributed by atoms with Crippen LogP contribution in [0.25, 0.3) is 11.3 Å². The molecule has 29 heavy (non-hydrogen) atoms. The molecule has 148 valence electrons. The van der Waals surface area contributed by atoms with E-state index in [1.807, 2.05) is 0 Å². The molecule has 0 N–H and O–H groups in total. The number of alkyl halides is 3.